The van der Waals surface area contributed by atoms with Gasteiger partial charge < -0.3 is 25.5 Å². The first-order valence-corrected chi connectivity index (χ1v) is 19.2. The average Bonchev–Trinajstić information content (AvgIpc) is 3.98. The average molecular weight is 807 g/mol. The molecule has 1 fully saturated rings. The molecular formula is C39H46N14O6. The number of carbonyl (C=O) groups is 4. The fraction of sp³-hybridized carbons (Fsp3) is 0.359. The zero-order valence-electron chi connectivity index (χ0n) is 33.3. The Bertz CT molecular complexity index is 2590. The number of aromatic nitrogens is 9. The molecule has 0 saturated carbocycles. The number of nitrogens with two attached hydrogens (primary N) is 2. The number of nitrogens with zero attached hydrogens (tertiary/aromatic N) is 10. The molecule has 1 aliphatic rings. The second-order valence-electron chi connectivity index (χ2n) is 13.9. The number of anilines is 2. The van der Waals surface area contributed by atoms with Gasteiger partial charge in [-0.25, -0.2) is 15.0 Å². The van der Waals surface area contributed by atoms with Crippen LogP contribution in [0, 0.1) is 13.8 Å². The number of allylic oxidation sites excluding steroid dienone is 2. The molecule has 20 nitrogen and oxygen atoms in total. The monoisotopic (exact) mass is 806 g/mol. The third kappa shape index (κ3) is 8.67. The fourth-order valence-corrected chi connectivity index (χ4v) is 6.91. The van der Waals surface area contributed by atoms with Crippen molar-refractivity contribution in [1.29, 1.82) is 0 Å². The van der Waals surface area contributed by atoms with Crippen molar-refractivity contribution in [3.05, 3.63) is 82.6 Å². The molecule has 308 valence electrons. The number of imidazole rings is 2. The van der Waals surface area contributed by atoms with Crippen molar-refractivity contribution in [1.82, 2.24) is 48.5 Å². The number of aryl methyl sites for hydroxylation is 4. The third-order valence-electron chi connectivity index (χ3n) is 9.79. The summed E-state index contributed by atoms with van der Waals surface area (Å²) in [7, 11) is 0. The highest BCUT2D eigenvalue weighted by Crippen LogP contribution is 2.32. The summed E-state index contributed by atoms with van der Waals surface area (Å²) < 4.78 is 18.5. The lowest BCUT2D eigenvalue weighted by Crippen LogP contribution is -2.38. The molecule has 1 aromatic carbocycles. The quantitative estimate of drug-likeness (QED) is 0.103. The molecule has 1 saturated heterocycles. The van der Waals surface area contributed by atoms with Gasteiger partial charge >= 0.3 is 0 Å². The van der Waals surface area contributed by atoms with Gasteiger partial charge in [-0.2, -0.15) is 10.2 Å². The van der Waals surface area contributed by atoms with Crippen LogP contribution in [0.5, 0.6) is 5.75 Å². The summed E-state index contributed by atoms with van der Waals surface area (Å²) in [6.07, 6.45) is 5.04. The van der Waals surface area contributed by atoms with Gasteiger partial charge in [0.15, 0.2) is 5.65 Å². The highest BCUT2D eigenvalue weighted by molar-refractivity contribution is 6.05. The zero-order chi connectivity index (χ0) is 41.8. The lowest BCUT2D eigenvalue weighted by atomic mass is 10.1. The van der Waals surface area contributed by atoms with Gasteiger partial charge in [-0.05, 0) is 58.0 Å². The number of carbonyl (C=O) groups excluding carboxylic acids is 4. The van der Waals surface area contributed by atoms with E-state index in [1.807, 2.05) is 32.9 Å². The molecule has 4 amide bonds. The molecule has 0 atom stereocenters. The van der Waals surface area contributed by atoms with Crippen LogP contribution < -0.4 is 26.8 Å². The molecule has 0 spiro atoms. The minimum atomic E-state index is -0.668. The van der Waals surface area contributed by atoms with Crippen LogP contribution in [-0.4, -0.2) is 112 Å². The number of fused-ring (bicyclic) bond motifs is 2. The Labute approximate surface area is 338 Å². The lowest BCUT2D eigenvalue weighted by molar-refractivity contribution is 0.0323. The minimum absolute atomic E-state index is 0.163. The second kappa shape index (κ2) is 17.3. The Morgan fingerprint density at radius 1 is 0.780 bits per heavy atom. The summed E-state index contributed by atoms with van der Waals surface area (Å²) in [6, 6.07) is 8.04. The topological polar surface area (TPSA) is 250 Å². The number of primary amides is 2. The summed E-state index contributed by atoms with van der Waals surface area (Å²) in [5.41, 5.74) is 15.4. The maximum absolute atomic E-state index is 13.7. The van der Waals surface area contributed by atoms with Crippen LogP contribution in [0.3, 0.4) is 0 Å². The second-order valence-corrected chi connectivity index (χ2v) is 13.9. The van der Waals surface area contributed by atoms with Crippen molar-refractivity contribution in [2.45, 2.75) is 53.9 Å². The molecule has 20 heteroatoms. The first kappa shape index (κ1) is 40.3. The Balaban J connectivity index is 1.24. The number of pyridine rings is 1. The zero-order valence-corrected chi connectivity index (χ0v) is 33.3. The molecule has 5 aromatic heterocycles. The number of nitrogens with one attached hydrogen (secondary N) is 2. The number of benzene rings is 1. The van der Waals surface area contributed by atoms with Crippen molar-refractivity contribution in [3.8, 4) is 5.75 Å². The van der Waals surface area contributed by atoms with E-state index in [-0.39, 0.29) is 36.1 Å². The molecule has 0 unspecified atom stereocenters. The fourth-order valence-electron chi connectivity index (χ4n) is 6.91. The van der Waals surface area contributed by atoms with Crippen LogP contribution in [-0.2, 0) is 30.9 Å². The van der Waals surface area contributed by atoms with Crippen LogP contribution in [0.2, 0.25) is 0 Å². The Kier molecular flexibility index (Phi) is 11.8. The molecule has 0 radical (unpaired) electrons. The smallest absolute Gasteiger partial charge is 0.276 e. The molecule has 7 rings (SSSR count). The molecule has 0 bridgehead atoms. The van der Waals surface area contributed by atoms with Gasteiger partial charge in [0, 0.05) is 57.6 Å². The van der Waals surface area contributed by atoms with E-state index in [1.165, 1.54) is 12.3 Å². The van der Waals surface area contributed by atoms with Crippen LogP contribution >= 0.6 is 0 Å². The summed E-state index contributed by atoms with van der Waals surface area (Å²) >= 11 is 0. The molecule has 6 N–H and O–H groups in total. The molecule has 1 aliphatic heterocycles. The number of hydrogen-bond acceptors (Lipinski definition) is 12. The number of ether oxygens (including phenoxy) is 2. The molecular weight excluding hydrogens is 761 g/mol. The van der Waals surface area contributed by atoms with E-state index in [4.69, 9.17) is 25.9 Å². The number of rotatable bonds is 16. The molecule has 0 aliphatic carbocycles. The summed E-state index contributed by atoms with van der Waals surface area (Å²) in [5.74, 6) is -1.44. The maximum Gasteiger partial charge on any atom is 0.276 e. The van der Waals surface area contributed by atoms with Crippen molar-refractivity contribution in [2.75, 3.05) is 50.1 Å². The van der Waals surface area contributed by atoms with Crippen molar-refractivity contribution in [2.24, 2.45) is 11.5 Å². The molecule has 59 heavy (non-hydrogen) atoms. The van der Waals surface area contributed by atoms with E-state index in [9.17, 15) is 19.2 Å². The Hall–Kier alpha value is -6.93. The van der Waals surface area contributed by atoms with E-state index in [0.717, 1.165) is 13.1 Å². The van der Waals surface area contributed by atoms with Gasteiger partial charge in [-0.15, -0.1) is 0 Å². The van der Waals surface area contributed by atoms with E-state index >= 15 is 0 Å². The SMILES string of the molecule is CCn1nc(C)cc1C(=O)Nc1nc2cc(C(N)=O)cnc2n1CC=CCn1c(NC(=O)c2cc(C)nn2CC)nc2cc(C(N)=O)cc(OCCN3CCOCC3)c21. The van der Waals surface area contributed by atoms with E-state index < -0.39 is 23.6 Å². The standard InChI is InChI=1S/C39H46N14O6/c1-5-52-29(17-23(3)47-52)36(56)45-38-43-27-19-25(33(40)54)21-31(59-16-13-49-11-14-58-15-12-49)32(27)50(38)9-7-8-10-51-35-28(20-26(22-42-35)34(41)55)44-39(51)46-37(57)30-18-24(4)48-53(30)6-2/h7-8,17-22H,5-6,9-16H2,1-4H3,(H2,40,54)(H2,41,55)(H,43,45,56)(H,44,46,57). The van der Waals surface area contributed by atoms with Gasteiger partial charge in [0.25, 0.3) is 11.8 Å². The van der Waals surface area contributed by atoms with Crippen LogP contribution in [0.4, 0.5) is 11.9 Å². The van der Waals surface area contributed by atoms with Gasteiger partial charge in [-0.1, -0.05) is 12.2 Å². The van der Waals surface area contributed by atoms with E-state index in [2.05, 4.69) is 35.7 Å². The minimum Gasteiger partial charge on any atom is -0.490 e. The predicted octanol–water partition coefficient (Wildman–Crippen LogP) is 2.50. The van der Waals surface area contributed by atoms with E-state index in [0.29, 0.717) is 90.2 Å². The first-order chi connectivity index (χ1) is 28.4. The van der Waals surface area contributed by atoms with Crippen LogP contribution in [0.15, 0.2) is 48.7 Å². The third-order valence-corrected chi connectivity index (χ3v) is 9.79. The summed E-state index contributed by atoms with van der Waals surface area (Å²) in [6.45, 7) is 12.5. The van der Waals surface area contributed by atoms with Gasteiger partial charge in [-0.3, -0.25) is 48.6 Å². The largest absolute Gasteiger partial charge is 0.490 e. The van der Waals surface area contributed by atoms with Crippen molar-refractivity contribution < 1.29 is 28.7 Å². The van der Waals surface area contributed by atoms with Crippen molar-refractivity contribution >= 4 is 57.7 Å². The molecule has 6 heterocycles. The van der Waals surface area contributed by atoms with E-state index in [1.54, 1.807) is 49.7 Å². The van der Waals surface area contributed by atoms with Gasteiger partial charge in [0.05, 0.1) is 35.7 Å². The van der Waals surface area contributed by atoms with Gasteiger partial charge in [0.1, 0.15) is 34.8 Å². The van der Waals surface area contributed by atoms with Crippen LogP contribution in [0.1, 0.15) is 66.9 Å². The number of hydrogen-bond donors (Lipinski definition) is 4. The summed E-state index contributed by atoms with van der Waals surface area (Å²) in [4.78, 5) is 67.8. The summed E-state index contributed by atoms with van der Waals surface area (Å²) in [5, 5.41) is 14.6. The normalized spacial score (nSPS) is 13.4. The Morgan fingerprint density at radius 3 is 1.93 bits per heavy atom. The highest BCUT2D eigenvalue weighted by Gasteiger charge is 2.23. The maximum atomic E-state index is 13.7. The van der Waals surface area contributed by atoms with Crippen molar-refractivity contribution in [3.63, 3.8) is 0 Å². The predicted molar refractivity (Wildman–Crippen MR) is 217 cm³/mol. The lowest BCUT2D eigenvalue weighted by Gasteiger charge is -2.26. The van der Waals surface area contributed by atoms with Gasteiger partial charge in [0.2, 0.25) is 23.7 Å². The first-order valence-electron chi connectivity index (χ1n) is 19.2. The Morgan fingerprint density at radius 2 is 1.34 bits per heavy atom. The molecule has 6 aromatic rings. The number of amides is 4. The number of morpholine rings is 1. The highest BCUT2D eigenvalue weighted by atomic mass is 16.5. The van der Waals surface area contributed by atoms with Crippen LogP contribution in [0.25, 0.3) is 22.2 Å².